The minimum Gasteiger partial charge on any atom is -0.508 e. The van der Waals surface area contributed by atoms with Gasteiger partial charge in [0, 0.05) is 24.1 Å². The molecule has 3 aromatic rings. The molecule has 1 unspecified atom stereocenters. The number of phenols is 1. The largest absolute Gasteiger partial charge is 0.508 e. The molecule has 1 amide bonds. The summed E-state index contributed by atoms with van der Waals surface area (Å²) in [4.78, 5) is 24.8. The van der Waals surface area contributed by atoms with Gasteiger partial charge in [-0.15, -0.1) is 0 Å². The lowest BCUT2D eigenvalue weighted by molar-refractivity contribution is -0.139. The Labute approximate surface area is 230 Å². The molecule has 0 aliphatic heterocycles. The zero-order chi connectivity index (χ0) is 28.3. The number of nitrogens with one attached hydrogen (secondary N) is 1. The summed E-state index contributed by atoms with van der Waals surface area (Å²) in [6, 6.07) is 13.6. The number of carboxylic acid groups (broad SMARTS) is 1. The van der Waals surface area contributed by atoms with Crippen molar-refractivity contribution in [3.05, 3.63) is 87.4 Å². The molecule has 8 nitrogen and oxygen atoms in total. The number of carbonyl (C=O) groups is 2. The number of carboxylic acids is 1. The molecule has 202 valence electrons. The Morgan fingerprint density at radius 2 is 1.61 bits per heavy atom. The van der Waals surface area contributed by atoms with Crippen LogP contribution in [0, 0.1) is 0 Å². The molecule has 0 radical (unpaired) electrons. The third kappa shape index (κ3) is 7.60. The van der Waals surface area contributed by atoms with Crippen LogP contribution in [0.5, 0.6) is 5.75 Å². The van der Waals surface area contributed by atoms with E-state index >= 15 is 0 Å². The third-order valence-electron chi connectivity index (χ3n) is 5.92. The fourth-order valence-corrected chi connectivity index (χ4v) is 6.91. The average molecular weight is 598 g/mol. The number of amides is 1. The highest BCUT2D eigenvalue weighted by molar-refractivity contribution is 7.90. The van der Waals surface area contributed by atoms with Gasteiger partial charge in [-0.05, 0) is 72.7 Å². The van der Waals surface area contributed by atoms with Crippen molar-refractivity contribution < 1.29 is 32.8 Å². The molecule has 0 saturated heterocycles. The van der Waals surface area contributed by atoms with Gasteiger partial charge in [0.05, 0.1) is 20.5 Å². The van der Waals surface area contributed by atoms with Gasteiger partial charge in [0.1, 0.15) is 18.9 Å². The number of rotatable bonds is 10. The van der Waals surface area contributed by atoms with Crippen molar-refractivity contribution in [3.63, 3.8) is 0 Å². The Morgan fingerprint density at radius 1 is 1.00 bits per heavy atom. The first-order valence-electron chi connectivity index (χ1n) is 11.3. The van der Waals surface area contributed by atoms with E-state index in [2.05, 4.69) is 5.32 Å². The van der Waals surface area contributed by atoms with Gasteiger partial charge in [-0.25, -0.2) is 13.2 Å². The van der Waals surface area contributed by atoms with Crippen molar-refractivity contribution in [2.24, 2.45) is 0 Å². The van der Waals surface area contributed by atoms with Gasteiger partial charge in [-0.2, -0.15) is 0 Å². The molecule has 3 N–H and O–H groups in total. The maximum absolute atomic E-state index is 13.2. The lowest BCUT2D eigenvalue weighted by atomic mass is 10.0. The molecule has 12 heteroatoms. The smallest absolute Gasteiger partial charge is 0.326 e. The number of benzene rings is 3. The predicted octanol–water partition coefficient (Wildman–Crippen LogP) is 4.39. The van der Waals surface area contributed by atoms with Crippen LogP contribution in [0.15, 0.2) is 65.6 Å². The quantitative estimate of drug-likeness (QED) is 0.295. The Morgan fingerprint density at radius 3 is 2.16 bits per heavy atom. The molecule has 3 aromatic carbocycles. The Balaban J connectivity index is 1.75. The summed E-state index contributed by atoms with van der Waals surface area (Å²) in [7, 11) is -6.24. The number of hydrogen-bond donors (Lipinski definition) is 3. The summed E-state index contributed by atoms with van der Waals surface area (Å²) in [5.74, 6) is -2.04. The van der Waals surface area contributed by atoms with E-state index in [9.17, 15) is 32.8 Å². The van der Waals surface area contributed by atoms with Gasteiger partial charge >= 0.3 is 5.97 Å². The number of phenolic OH excluding ortho intramolecular Hbond substituents is 1. The lowest BCUT2D eigenvalue weighted by Crippen LogP contribution is -2.42. The topological polar surface area (TPSA) is 138 Å². The van der Waals surface area contributed by atoms with Crippen LogP contribution in [0.3, 0.4) is 0 Å². The minimum atomic E-state index is -3.49. The van der Waals surface area contributed by atoms with Gasteiger partial charge in [0.15, 0.2) is 9.84 Å². The molecule has 0 spiro atoms. The molecule has 0 fully saturated rings. The normalized spacial score (nSPS) is 13.9. The fourth-order valence-electron chi connectivity index (χ4n) is 3.80. The van der Waals surface area contributed by atoms with E-state index in [1.165, 1.54) is 42.5 Å². The number of carbonyl (C=O) groups excluding carboxylic acids is 1. The predicted molar refractivity (Wildman–Crippen MR) is 148 cm³/mol. The third-order valence-corrected chi connectivity index (χ3v) is 10.1. The van der Waals surface area contributed by atoms with Crippen molar-refractivity contribution in [3.8, 4) is 5.75 Å². The number of hydrogen-bond acceptors (Lipinski definition) is 6. The van der Waals surface area contributed by atoms with Crippen molar-refractivity contribution in [1.82, 2.24) is 5.32 Å². The van der Waals surface area contributed by atoms with E-state index in [1.807, 2.05) is 0 Å². The highest BCUT2D eigenvalue weighted by Crippen LogP contribution is 2.41. The van der Waals surface area contributed by atoms with Crippen molar-refractivity contribution in [2.45, 2.75) is 23.8 Å². The van der Waals surface area contributed by atoms with Gasteiger partial charge in [0.2, 0.25) is 0 Å². The number of halogens is 2. The molecule has 2 atom stereocenters. The second-order valence-electron chi connectivity index (χ2n) is 9.01. The second-order valence-corrected chi connectivity index (χ2v) is 15.0. The lowest BCUT2D eigenvalue weighted by Gasteiger charge is -2.17. The highest BCUT2D eigenvalue weighted by atomic mass is 35.5. The van der Waals surface area contributed by atoms with Crippen LogP contribution >= 0.6 is 30.3 Å². The minimum absolute atomic E-state index is 0.00350. The molecule has 0 heterocycles. The van der Waals surface area contributed by atoms with Crippen LogP contribution < -0.4 is 10.6 Å². The number of sulfone groups is 1. The summed E-state index contributed by atoms with van der Waals surface area (Å²) >= 11 is 12.7. The van der Waals surface area contributed by atoms with Gasteiger partial charge in [0.25, 0.3) is 5.91 Å². The summed E-state index contributed by atoms with van der Waals surface area (Å²) in [5, 5.41) is 22.1. The van der Waals surface area contributed by atoms with Crippen LogP contribution in [0.2, 0.25) is 10.0 Å². The van der Waals surface area contributed by atoms with E-state index in [0.29, 0.717) is 29.0 Å². The molecule has 0 aliphatic carbocycles. The van der Waals surface area contributed by atoms with Crippen LogP contribution in [0.25, 0.3) is 0 Å². The maximum Gasteiger partial charge on any atom is 0.326 e. The van der Waals surface area contributed by atoms with Crippen molar-refractivity contribution in [1.29, 1.82) is 0 Å². The molecule has 3 rings (SSSR count). The molecule has 0 saturated carbocycles. The van der Waals surface area contributed by atoms with Gasteiger partial charge < -0.3 is 20.1 Å². The number of aryl methyl sites for hydroxylation is 1. The summed E-state index contributed by atoms with van der Waals surface area (Å²) in [5.41, 5.74) is 0.946. The van der Waals surface area contributed by atoms with E-state index in [-0.39, 0.29) is 32.7 Å². The highest BCUT2D eigenvalue weighted by Gasteiger charge is 2.25. The molecule has 0 aliphatic rings. The summed E-state index contributed by atoms with van der Waals surface area (Å²) in [6.45, 7) is 1.64. The zero-order valence-corrected chi connectivity index (χ0v) is 23.7. The summed E-state index contributed by atoms with van der Waals surface area (Å²) in [6.07, 6.45) is 1.53. The van der Waals surface area contributed by atoms with Crippen molar-refractivity contribution in [2.75, 3.05) is 19.1 Å². The average Bonchev–Trinajstić information content (AvgIpc) is 2.82. The first-order valence-corrected chi connectivity index (χ1v) is 16.3. The maximum atomic E-state index is 13.2. The van der Waals surface area contributed by atoms with E-state index in [1.54, 1.807) is 24.9 Å². The standard InChI is InChI=1S/C26H26Cl2NO7PS/c1-37(34,19-8-6-18(30)7-9-19)11-10-17-13-21(27)24(22(28)14-17)25(31)29-23(26(32)33)15-16-4-3-5-20(12-16)38(2,35)36/h3-9,12-14,23,30H,10-11,15H2,1-2H3,(H,29,31)(H,32,33)/t23-,37?/m0/s1. The monoisotopic (exact) mass is 597 g/mol. The Kier molecular flexibility index (Phi) is 9.31. The van der Waals surface area contributed by atoms with Crippen LogP contribution in [-0.2, 0) is 32.0 Å². The van der Waals surface area contributed by atoms with Gasteiger partial charge in [-0.3, -0.25) is 4.79 Å². The van der Waals surface area contributed by atoms with E-state index in [0.717, 1.165) is 6.26 Å². The first-order chi connectivity index (χ1) is 17.7. The second kappa shape index (κ2) is 11.9. The molecule has 0 aromatic heterocycles. The van der Waals surface area contributed by atoms with Crippen LogP contribution in [-0.4, -0.2) is 55.6 Å². The van der Waals surface area contributed by atoms with E-state index in [4.69, 9.17) is 23.2 Å². The SMILES string of the molecule is CP(=O)(CCc1cc(Cl)c(C(=O)N[C@@H](Cc2cccc(S(C)(=O)=O)c2)C(=O)O)c(Cl)c1)c1ccc(O)cc1. The Hall–Kier alpha value is -2.84. The number of aliphatic carboxylic acids is 1. The van der Waals surface area contributed by atoms with Crippen LogP contribution in [0.1, 0.15) is 21.5 Å². The molecular weight excluding hydrogens is 572 g/mol. The summed E-state index contributed by atoms with van der Waals surface area (Å²) < 4.78 is 36.8. The molecule has 0 bridgehead atoms. The van der Waals surface area contributed by atoms with Crippen molar-refractivity contribution >= 4 is 57.4 Å². The Bertz CT molecular complexity index is 1500. The van der Waals surface area contributed by atoms with E-state index < -0.39 is 34.9 Å². The zero-order valence-electron chi connectivity index (χ0n) is 20.5. The number of aromatic hydroxyl groups is 1. The molecular formula is C26H26Cl2NO7PS. The fraction of sp³-hybridized carbons (Fsp3) is 0.231. The molecule has 38 heavy (non-hydrogen) atoms. The van der Waals surface area contributed by atoms with Crippen LogP contribution in [0.4, 0.5) is 0 Å². The van der Waals surface area contributed by atoms with Gasteiger partial charge in [-0.1, -0.05) is 35.3 Å². The first kappa shape index (κ1) is 29.7.